The number of nitrogens with zero attached hydrogens (tertiary/aromatic N) is 5. The second-order valence-electron chi connectivity index (χ2n) is 7.04. The van der Waals surface area contributed by atoms with Gasteiger partial charge in [0.25, 0.3) is 0 Å². The van der Waals surface area contributed by atoms with Crippen molar-refractivity contribution >= 4 is 45.7 Å². The molecule has 30 heavy (non-hydrogen) atoms. The van der Waals surface area contributed by atoms with Gasteiger partial charge in [0.05, 0.1) is 29.3 Å². The molecule has 2 N–H and O–H groups in total. The number of rotatable bonds is 6. The predicted molar refractivity (Wildman–Crippen MR) is 119 cm³/mol. The molecule has 4 aromatic rings. The maximum Gasteiger partial charge on any atom is 0.239 e. The minimum Gasteiger partial charge on any atom is -0.363 e. The van der Waals surface area contributed by atoms with Crippen LogP contribution in [0.3, 0.4) is 0 Å². The van der Waals surface area contributed by atoms with E-state index in [2.05, 4.69) is 26.8 Å². The van der Waals surface area contributed by atoms with Crippen LogP contribution < -0.4 is 15.5 Å². The lowest BCUT2D eigenvalue weighted by Crippen LogP contribution is -2.34. The number of anilines is 2. The summed E-state index contributed by atoms with van der Waals surface area (Å²) in [7, 11) is 3.46. The quantitative estimate of drug-likeness (QED) is 0.495. The van der Waals surface area contributed by atoms with E-state index in [1.54, 1.807) is 24.0 Å². The molecule has 9 heteroatoms. The van der Waals surface area contributed by atoms with Crippen molar-refractivity contribution in [3.8, 4) is 0 Å². The average molecular weight is 424 g/mol. The molecule has 0 radical (unpaired) electrons. The van der Waals surface area contributed by atoms with Crippen LogP contribution >= 0.6 is 11.6 Å². The molecule has 0 bridgehead atoms. The van der Waals surface area contributed by atoms with Gasteiger partial charge in [-0.15, -0.1) is 0 Å². The van der Waals surface area contributed by atoms with Crippen molar-refractivity contribution in [1.82, 2.24) is 24.9 Å². The fourth-order valence-corrected chi connectivity index (χ4v) is 3.63. The molecule has 0 saturated heterocycles. The minimum atomic E-state index is -0.127. The summed E-state index contributed by atoms with van der Waals surface area (Å²) in [5.74, 6) is 1.39. The molecule has 0 fully saturated rings. The number of carbonyl (C=O) groups excluding carboxylic acids is 1. The van der Waals surface area contributed by atoms with E-state index < -0.39 is 0 Å². The van der Waals surface area contributed by atoms with Crippen LogP contribution in [-0.4, -0.2) is 46.1 Å². The maximum atomic E-state index is 12.0. The molecule has 154 valence electrons. The van der Waals surface area contributed by atoms with Crippen molar-refractivity contribution in [1.29, 1.82) is 0 Å². The predicted octanol–water partition coefficient (Wildman–Crippen LogP) is 3.29. The van der Waals surface area contributed by atoms with Crippen LogP contribution in [0.2, 0.25) is 5.02 Å². The Morgan fingerprint density at radius 2 is 2.10 bits per heavy atom. The van der Waals surface area contributed by atoms with Crippen LogP contribution in [0.5, 0.6) is 0 Å². The van der Waals surface area contributed by atoms with Gasteiger partial charge in [-0.25, -0.2) is 9.97 Å². The first-order valence-corrected chi connectivity index (χ1v) is 9.92. The van der Waals surface area contributed by atoms with E-state index in [0.29, 0.717) is 16.4 Å². The van der Waals surface area contributed by atoms with Crippen molar-refractivity contribution in [2.75, 3.05) is 30.9 Å². The highest BCUT2D eigenvalue weighted by Gasteiger charge is 2.20. The second kappa shape index (κ2) is 8.16. The van der Waals surface area contributed by atoms with E-state index in [9.17, 15) is 4.79 Å². The zero-order valence-electron chi connectivity index (χ0n) is 16.9. The number of benzene rings is 1. The SMILES string of the molecule is CNC(=O)CN(C)c1nc2c(Cl)cccc2cc1[C@H](C)Nc1ccnc2ccnn12. The maximum absolute atomic E-state index is 12.0. The number of hydrogen-bond donors (Lipinski definition) is 2. The van der Waals surface area contributed by atoms with Crippen LogP contribution in [-0.2, 0) is 4.79 Å². The number of para-hydroxylation sites is 1. The van der Waals surface area contributed by atoms with E-state index in [-0.39, 0.29) is 18.5 Å². The van der Waals surface area contributed by atoms with Gasteiger partial charge >= 0.3 is 0 Å². The van der Waals surface area contributed by atoms with E-state index in [1.165, 1.54) is 0 Å². The van der Waals surface area contributed by atoms with Crippen LogP contribution in [0.25, 0.3) is 16.6 Å². The summed E-state index contributed by atoms with van der Waals surface area (Å²) in [4.78, 5) is 22.9. The molecular weight excluding hydrogens is 402 g/mol. The summed E-state index contributed by atoms with van der Waals surface area (Å²) < 4.78 is 1.75. The molecule has 0 saturated carbocycles. The molecule has 3 aromatic heterocycles. The van der Waals surface area contributed by atoms with Crippen molar-refractivity contribution in [3.05, 3.63) is 59.4 Å². The standard InChI is InChI=1S/C21H22ClN7O/c1-13(26-18-7-9-24-17-8-10-25-29(17)18)15-11-14-5-4-6-16(22)20(14)27-21(15)28(3)12-19(30)23-2/h4-11,13,26H,12H2,1-3H3,(H,23,30)/t13-/m0/s1. The zero-order valence-corrected chi connectivity index (χ0v) is 17.7. The van der Waals surface area contributed by atoms with Crippen molar-refractivity contribution < 1.29 is 4.79 Å². The number of nitrogens with one attached hydrogen (secondary N) is 2. The Kier molecular flexibility index (Phi) is 5.41. The molecule has 1 aromatic carbocycles. The summed E-state index contributed by atoms with van der Waals surface area (Å²) in [6, 6.07) is 11.3. The fraction of sp³-hybridized carbons (Fsp3) is 0.238. The molecule has 1 amide bonds. The Bertz CT molecular complexity index is 1220. The highest BCUT2D eigenvalue weighted by Crippen LogP contribution is 2.32. The average Bonchev–Trinajstić information content (AvgIpc) is 3.23. The molecule has 3 heterocycles. The van der Waals surface area contributed by atoms with Gasteiger partial charge in [0.1, 0.15) is 11.6 Å². The summed E-state index contributed by atoms with van der Waals surface area (Å²) in [5, 5.41) is 12.0. The van der Waals surface area contributed by atoms with Gasteiger partial charge in [-0.1, -0.05) is 23.7 Å². The van der Waals surface area contributed by atoms with Crippen LogP contribution in [0, 0.1) is 0 Å². The number of amides is 1. The Morgan fingerprint density at radius 3 is 2.90 bits per heavy atom. The number of halogens is 1. The molecule has 0 aliphatic carbocycles. The molecule has 0 aliphatic heterocycles. The number of aromatic nitrogens is 4. The number of carbonyl (C=O) groups is 1. The molecule has 1 atom stereocenters. The fourth-order valence-electron chi connectivity index (χ4n) is 3.41. The number of pyridine rings is 1. The highest BCUT2D eigenvalue weighted by molar-refractivity contribution is 6.35. The van der Waals surface area contributed by atoms with Crippen molar-refractivity contribution in [3.63, 3.8) is 0 Å². The summed E-state index contributed by atoms with van der Waals surface area (Å²) in [5.41, 5.74) is 2.40. The van der Waals surface area contributed by atoms with Gasteiger partial charge in [-0.3, -0.25) is 4.79 Å². The van der Waals surface area contributed by atoms with Crippen LogP contribution in [0.15, 0.2) is 48.8 Å². The first-order valence-electron chi connectivity index (χ1n) is 9.54. The lowest BCUT2D eigenvalue weighted by Gasteiger charge is -2.25. The zero-order chi connectivity index (χ0) is 21.3. The topological polar surface area (TPSA) is 87.5 Å². The monoisotopic (exact) mass is 423 g/mol. The van der Waals surface area contributed by atoms with Gasteiger partial charge in [-0.2, -0.15) is 9.61 Å². The number of likely N-dealkylation sites (N-methyl/N-ethyl adjacent to an activating group) is 2. The van der Waals surface area contributed by atoms with Crippen molar-refractivity contribution in [2.45, 2.75) is 13.0 Å². The van der Waals surface area contributed by atoms with Gasteiger partial charge < -0.3 is 15.5 Å². The van der Waals surface area contributed by atoms with E-state index in [1.807, 2.05) is 49.2 Å². The third kappa shape index (κ3) is 3.73. The van der Waals surface area contributed by atoms with Crippen LogP contribution in [0.4, 0.5) is 11.6 Å². The molecule has 0 aliphatic rings. The Balaban J connectivity index is 1.78. The highest BCUT2D eigenvalue weighted by atomic mass is 35.5. The summed E-state index contributed by atoms with van der Waals surface area (Å²) >= 11 is 6.39. The summed E-state index contributed by atoms with van der Waals surface area (Å²) in [6.07, 6.45) is 3.45. The lowest BCUT2D eigenvalue weighted by molar-refractivity contribution is -0.119. The molecule has 8 nitrogen and oxygen atoms in total. The molecule has 0 unspecified atom stereocenters. The Hall–Kier alpha value is -3.39. The van der Waals surface area contributed by atoms with Gasteiger partial charge in [0.2, 0.25) is 5.91 Å². The van der Waals surface area contributed by atoms with Crippen molar-refractivity contribution in [2.24, 2.45) is 0 Å². The second-order valence-corrected chi connectivity index (χ2v) is 7.45. The Morgan fingerprint density at radius 1 is 1.27 bits per heavy atom. The smallest absolute Gasteiger partial charge is 0.239 e. The largest absolute Gasteiger partial charge is 0.363 e. The number of fused-ring (bicyclic) bond motifs is 2. The molecule has 0 spiro atoms. The Labute approximate surface area is 178 Å². The first kappa shape index (κ1) is 19.9. The molecule has 4 rings (SSSR count). The van der Waals surface area contributed by atoms with Gasteiger partial charge in [-0.05, 0) is 25.1 Å². The van der Waals surface area contributed by atoms with Gasteiger partial charge in [0.15, 0.2) is 5.65 Å². The normalized spacial score (nSPS) is 12.1. The van der Waals surface area contributed by atoms with E-state index in [4.69, 9.17) is 16.6 Å². The third-order valence-corrected chi connectivity index (χ3v) is 5.25. The third-order valence-electron chi connectivity index (χ3n) is 4.95. The first-order chi connectivity index (χ1) is 14.5. The number of hydrogen-bond acceptors (Lipinski definition) is 6. The summed E-state index contributed by atoms with van der Waals surface area (Å²) in [6.45, 7) is 2.22. The van der Waals surface area contributed by atoms with Gasteiger partial charge in [0, 0.05) is 37.3 Å². The lowest BCUT2D eigenvalue weighted by atomic mass is 10.1. The van der Waals surface area contributed by atoms with Crippen LogP contribution in [0.1, 0.15) is 18.5 Å². The minimum absolute atomic E-state index is 0.0995. The van der Waals surface area contributed by atoms with E-state index >= 15 is 0 Å². The van der Waals surface area contributed by atoms with E-state index in [0.717, 1.165) is 22.4 Å². The molecular formula is C21H22ClN7O.